The minimum Gasteiger partial charge on any atom is -0.350 e. The van der Waals surface area contributed by atoms with Crippen molar-refractivity contribution >= 4 is 33.2 Å². The number of carbonyl (C=O) groups excluding carboxylic acids is 1. The molecule has 21 heavy (non-hydrogen) atoms. The van der Waals surface area contributed by atoms with Gasteiger partial charge in [-0.2, -0.15) is 0 Å². The van der Waals surface area contributed by atoms with Crippen molar-refractivity contribution in [1.29, 1.82) is 0 Å². The Bertz CT molecular complexity index is 617. The molecule has 0 spiro atoms. The quantitative estimate of drug-likeness (QED) is 0.842. The second kappa shape index (κ2) is 6.32. The van der Waals surface area contributed by atoms with Gasteiger partial charge in [0.25, 0.3) is 0 Å². The zero-order valence-electron chi connectivity index (χ0n) is 11.8. The molecule has 2 nitrogen and oxygen atoms in total. The highest BCUT2D eigenvalue weighted by atomic mass is 79.9. The van der Waals surface area contributed by atoms with E-state index in [9.17, 15) is 4.79 Å². The summed E-state index contributed by atoms with van der Waals surface area (Å²) in [5, 5.41) is 5.19. The molecule has 1 amide bonds. The Morgan fingerprint density at radius 1 is 1.24 bits per heavy atom. The van der Waals surface area contributed by atoms with Gasteiger partial charge in [0.05, 0.1) is 12.0 Å². The van der Waals surface area contributed by atoms with Crippen LogP contribution in [0.15, 0.2) is 46.3 Å². The first-order chi connectivity index (χ1) is 10.2. The van der Waals surface area contributed by atoms with Gasteiger partial charge in [0, 0.05) is 14.7 Å². The minimum absolute atomic E-state index is 0.177. The summed E-state index contributed by atoms with van der Waals surface area (Å²) in [4.78, 5) is 14.0. The number of nitrogens with one attached hydrogen (secondary N) is 1. The second-order valence-corrected chi connectivity index (χ2v) is 7.48. The van der Waals surface area contributed by atoms with Crippen LogP contribution in [0.4, 0.5) is 0 Å². The Morgan fingerprint density at radius 2 is 1.95 bits per heavy atom. The lowest BCUT2D eigenvalue weighted by Crippen LogP contribution is -2.42. The van der Waals surface area contributed by atoms with Crippen molar-refractivity contribution in [3.8, 4) is 0 Å². The molecule has 0 bridgehead atoms. The fourth-order valence-corrected chi connectivity index (χ4v) is 4.56. The van der Waals surface area contributed by atoms with Crippen LogP contribution in [0, 0.1) is 0 Å². The Balaban J connectivity index is 1.76. The normalized spacial score (nSPS) is 16.8. The lowest BCUT2D eigenvalue weighted by atomic mass is 9.78. The third-order valence-electron chi connectivity index (χ3n) is 4.26. The summed E-state index contributed by atoms with van der Waals surface area (Å²) in [5.74, 6) is 0.177. The highest BCUT2D eigenvalue weighted by Crippen LogP contribution is 2.41. The molecule has 4 heteroatoms. The highest BCUT2D eigenvalue weighted by Gasteiger charge is 2.42. The van der Waals surface area contributed by atoms with E-state index in [2.05, 4.69) is 39.4 Å². The van der Waals surface area contributed by atoms with Crippen LogP contribution < -0.4 is 5.32 Å². The van der Waals surface area contributed by atoms with Gasteiger partial charge in [0.15, 0.2) is 0 Å². The molecule has 1 saturated carbocycles. The molecule has 0 aliphatic heterocycles. The van der Waals surface area contributed by atoms with Crippen LogP contribution in [0.25, 0.3) is 0 Å². The smallest absolute Gasteiger partial charge is 0.230 e. The van der Waals surface area contributed by atoms with Crippen LogP contribution >= 0.6 is 27.3 Å². The molecule has 110 valence electrons. The van der Waals surface area contributed by atoms with Crippen LogP contribution in [0.1, 0.15) is 36.1 Å². The Morgan fingerprint density at radius 3 is 2.57 bits per heavy atom. The van der Waals surface area contributed by atoms with E-state index in [-0.39, 0.29) is 11.3 Å². The van der Waals surface area contributed by atoms with Crippen molar-refractivity contribution in [3.63, 3.8) is 0 Å². The van der Waals surface area contributed by atoms with Crippen molar-refractivity contribution in [2.45, 2.75) is 37.6 Å². The molecule has 1 heterocycles. The van der Waals surface area contributed by atoms with Crippen LogP contribution in [-0.4, -0.2) is 5.91 Å². The number of rotatable bonds is 4. The maximum absolute atomic E-state index is 12.8. The molecule has 3 rings (SSSR count). The molecule has 0 saturated heterocycles. The van der Waals surface area contributed by atoms with E-state index < -0.39 is 0 Å². The summed E-state index contributed by atoms with van der Waals surface area (Å²) in [6, 6.07) is 12.3. The third-order valence-corrected chi connectivity index (χ3v) is 5.96. The molecule has 1 aromatic carbocycles. The van der Waals surface area contributed by atoms with Gasteiger partial charge in [0.1, 0.15) is 0 Å². The molecule has 2 aromatic rings. The maximum Gasteiger partial charge on any atom is 0.230 e. The molecule has 1 N–H and O–H groups in total. The van der Waals surface area contributed by atoms with Gasteiger partial charge in [-0.05, 0) is 40.4 Å². The molecule has 1 fully saturated rings. The highest BCUT2D eigenvalue weighted by molar-refractivity contribution is 9.10. The summed E-state index contributed by atoms with van der Waals surface area (Å²) in [6.07, 6.45) is 4.17. The van der Waals surface area contributed by atoms with Crippen LogP contribution in [0.2, 0.25) is 0 Å². The number of amides is 1. The van der Waals surface area contributed by atoms with Gasteiger partial charge in [-0.1, -0.05) is 43.2 Å². The molecule has 0 unspecified atom stereocenters. The number of carbonyl (C=O) groups is 1. The number of thiophene rings is 1. The zero-order valence-corrected chi connectivity index (χ0v) is 14.2. The monoisotopic (exact) mass is 363 g/mol. The summed E-state index contributed by atoms with van der Waals surface area (Å²) in [7, 11) is 0. The number of hydrogen-bond acceptors (Lipinski definition) is 2. The number of benzene rings is 1. The maximum atomic E-state index is 12.8. The van der Waals surface area contributed by atoms with Crippen molar-refractivity contribution < 1.29 is 4.79 Å². The first-order valence-electron chi connectivity index (χ1n) is 7.27. The topological polar surface area (TPSA) is 29.1 Å². The largest absolute Gasteiger partial charge is 0.350 e. The van der Waals surface area contributed by atoms with Crippen LogP contribution in [0.3, 0.4) is 0 Å². The molecular formula is C17H18BrNOS. The van der Waals surface area contributed by atoms with Crippen LogP contribution in [-0.2, 0) is 16.8 Å². The van der Waals surface area contributed by atoms with Gasteiger partial charge in [-0.15, -0.1) is 11.3 Å². The van der Waals surface area contributed by atoms with Crippen LogP contribution in [0.5, 0.6) is 0 Å². The van der Waals surface area contributed by atoms with Crippen molar-refractivity contribution in [1.82, 2.24) is 5.32 Å². The average Bonchev–Trinajstić information content (AvgIpc) is 3.15. The van der Waals surface area contributed by atoms with Gasteiger partial charge in [-0.3, -0.25) is 4.79 Å². The van der Waals surface area contributed by atoms with Gasteiger partial charge in [0.2, 0.25) is 5.91 Å². The summed E-state index contributed by atoms with van der Waals surface area (Å²) in [6.45, 7) is 0.615. The van der Waals surface area contributed by atoms with E-state index in [1.54, 1.807) is 11.3 Å². The third kappa shape index (κ3) is 3.06. The molecule has 1 aliphatic rings. The summed E-state index contributed by atoms with van der Waals surface area (Å²) in [5.41, 5.74) is 0.836. The predicted molar refractivity (Wildman–Crippen MR) is 90.5 cm³/mol. The number of halogens is 1. The molecular weight excluding hydrogens is 346 g/mol. The lowest BCUT2D eigenvalue weighted by Gasteiger charge is -2.28. The Kier molecular flexibility index (Phi) is 4.45. The minimum atomic E-state index is -0.324. The van der Waals surface area contributed by atoms with Crippen molar-refractivity contribution in [3.05, 3.63) is 56.7 Å². The standard InChI is InChI=1S/C17H18BrNOS/c18-14-10-15(21-12-14)11-19-16(20)17(8-4-5-9-17)13-6-2-1-3-7-13/h1-3,6-7,10,12H,4-5,8-9,11H2,(H,19,20). The predicted octanol–water partition coefficient (Wildman–Crippen LogP) is 4.64. The molecule has 1 aromatic heterocycles. The summed E-state index contributed by atoms with van der Waals surface area (Å²) >= 11 is 5.12. The van der Waals surface area contributed by atoms with Gasteiger partial charge >= 0.3 is 0 Å². The lowest BCUT2D eigenvalue weighted by molar-refractivity contribution is -0.126. The van der Waals surface area contributed by atoms with Crippen molar-refractivity contribution in [2.24, 2.45) is 0 Å². The average molecular weight is 364 g/mol. The summed E-state index contributed by atoms with van der Waals surface area (Å²) < 4.78 is 1.08. The Labute approximate surface area is 137 Å². The second-order valence-electron chi connectivity index (χ2n) is 5.57. The number of hydrogen-bond donors (Lipinski definition) is 1. The SMILES string of the molecule is O=C(NCc1cc(Br)cs1)C1(c2ccccc2)CCCC1. The van der Waals surface area contributed by atoms with E-state index in [4.69, 9.17) is 0 Å². The molecule has 0 atom stereocenters. The van der Waals surface area contributed by atoms with E-state index in [1.807, 2.05) is 23.6 Å². The fourth-order valence-electron chi connectivity index (χ4n) is 3.17. The van der Waals surface area contributed by atoms with E-state index in [1.165, 1.54) is 4.88 Å². The molecule has 1 aliphatic carbocycles. The zero-order chi connectivity index (χ0) is 14.7. The van der Waals surface area contributed by atoms with Crippen molar-refractivity contribution in [2.75, 3.05) is 0 Å². The fraction of sp³-hybridized carbons (Fsp3) is 0.353. The van der Waals surface area contributed by atoms with E-state index >= 15 is 0 Å². The van der Waals surface area contributed by atoms with E-state index in [0.717, 1.165) is 35.7 Å². The first kappa shape index (κ1) is 14.8. The van der Waals surface area contributed by atoms with Gasteiger partial charge < -0.3 is 5.32 Å². The first-order valence-corrected chi connectivity index (χ1v) is 8.95. The molecule has 0 radical (unpaired) electrons. The van der Waals surface area contributed by atoms with E-state index in [0.29, 0.717) is 6.54 Å². The Hall–Kier alpha value is -1.13. The van der Waals surface area contributed by atoms with Gasteiger partial charge in [-0.25, -0.2) is 0 Å².